The van der Waals surface area contributed by atoms with Crippen molar-refractivity contribution in [1.29, 1.82) is 0 Å². The molecule has 0 radical (unpaired) electrons. The largest absolute Gasteiger partial charge is 0.363 e. The van der Waals surface area contributed by atoms with Gasteiger partial charge in [0, 0.05) is 49.6 Å². The third-order valence-corrected chi connectivity index (χ3v) is 4.12. The first-order valence-electron chi connectivity index (χ1n) is 7.12. The van der Waals surface area contributed by atoms with Gasteiger partial charge in [0.1, 0.15) is 0 Å². The number of H-pyrrole nitrogens is 1. The number of amides is 1. The molecule has 2 rings (SSSR count). The van der Waals surface area contributed by atoms with Gasteiger partial charge in [-0.2, -0.15) is 0 Å². The van der Waals surface area contributed by atoms with Gasteiger partial charge in [0.25, 0.3) is 0 Å². The van der Waals surface area contributed by atoms with Gasteiger partial charge < -0.3 is 10.3 Å². The van der Waals surface area contributed by atoms with E-state index in [2.05, 4.69) is 15.2 Å². The van der Waals surface area contributed by atoms with Crippen molar-refractivity contribution in [1.82, 2.24) is 15.2 Å². The fraction of sp³-hybridized carbons (Fsp3) is 0.600. The zero-order valence-electron chi connectivity index (χ0n) is 12.5. The number of carbonyl (C=O) groups is 1. The van der Waals surface area contributed by atoms with Gasteiger partial charge in [-0.05, 0) is 32.7 Å². The molecule has 1 aliphatic rings. The highest BCUT2D eigenvalue weighted by Crippen LogP contribution is 2.21. The highest BCUT2D eigenvalue weighted by Gasteiger charge is 2.24. The number of hydrogen-bond acceptors (Lipinski definition) is 3. The maximum Gasteiger partial charge on any atom is 0.220 e. The summed E-state index contributed by atoms with van der Waals surface area (Å²) in [5, 5.41) is 2.67. The Hall–Kier alpha value is -1.62. The molecule has 0 aliphatic carbocycles. The molecule has 20 heavy (non-hydrogen) atoms. The van der Waals surface area contributed by atoms with Crippen molar-refractivity contribution >= 4 is 5.91 Å². The molecule has 1 aliphatic heterocycles. The van der Waals surface area contributed by atoms with Crippen LogP contribution < -0.4 is 10.7 Å². The third kappa shape index (κ3) is 3.28. The lowest BCUT2D eigenvalue weighted by Gasteiger charge is -2.17. The third-order valence-electron chi connectivity index (χ3n) is 4.12. The second-order valence-electron chi connectivity index (χ2n) is 5.67. The van der Waals surface area contributed by atoms with E-state index in [1.807, 2.05) is 13.8 Å². The van der Waals surface area contributed by atoms with Crippen molar-refractivity contribution < 1.29 is 4.79 Å². The van der Waals surface area contributed by atoms with Crippen molar-refractivity contribution in [3.8, 4) is 0 Å². The van der Waals surface area contributed by atoms with Crippen molar-refractivity contribution in [3.05, 3.63) is 33.2 Å². The molecular weight excluding hydrogens is 254 g/mol. The average Bonchev–Trinajstić information content (AvgIpc) is 2.86. The molecule has 0 saturated carbocycles. The van der Waals surface area contributed by atoms with Crippen LogP contribution in [0.5, 0.6) is 0 Å². The van der Waals surface area contributed by atoms with Gasteiger partial charge in [-0.3, -0.25) is 14.5 Å². The monoisotopic (exact) mass is 277 g/mol. The molecule has 5 nitrogen and oxygen atoms in total. The van der Waals surface area contributed by atoms with E-state index in [9.17, 15) is 9.59 Å². The Morgan fingerprint density at radius 3 is 2.95 bits per heavy atom. The molecule has 1 aromatic rings. The molecular formula is C15H23N3O2. The van der Waals surface area contributed by atoms with E-state index in [-0.39, 0.29) is 11.3 Å². The van der Waals surface area contributed by atoms with Crippen LogP contribution in [0, 0.1) is 19.8 Å². The summed E-state index contributed by atoms with van der Waals surface area (Å²) < 4.78 is 0. The summed E-state index contributed by atoms with van der Waals surface area (Å²) in [5.41, 5.74) is 2.67. The number of nitrogens with zero attached hydrogens (tertiary/aromatic N) is 1. The second kappa shape index (κ2) is 6.22. The molecule has 1 aromatic heterocycles. The summed E-state index contributed by atoms with van der Waals surface area (Å²) in [6, 6.07) is 0. The van der Waals surface area contributed by atoms with Gasteiger partial charge >= 0.3 is 0 Å². The fourth-order valence-electron chi connectivity index (χ4n) is 2.78. The van der Waals surface area contributed by atoms with Gasteiger partial charge in [-0.1, -0.05) is 0 Å². The molecule has 0 unspecified atom stereocenters. The van der Waals surface area contributed by atoms with E-state index in [1.165, 1.54) is 0 Å². The average molecular weight is 277 g/mol. The number of nitrogens with one attached hydrogen (secondary N) is 2. The molecule has 0 bridgehead atoms. The van der Waals surface area contributed by atoms with Crippen molar-refractivity contribution in [2.45, 2.75) is 33.2 Å². The lowest BCUT2D eigenvalue weighted by molar-refractivity contribution is -0.121. The lowest BCUT2D eigenvalue weighted by atomic mass is 10.0. The van der Waals surface area contributed by atoms with Gasteiger partial charge in [0.2, 0.25) is 5.91 Å². The minimum atomic E-state index is 0.108. The van der Waals surface area contributed by atoms with Crippen LogP contribution in [-0.4, -0.2) is 35.9 Å². The van der Waals surface area contributed by atoms with Crippen molar-refractivity contribution in [2.24, 2.45) is 5.92 Å². The van der Waals surface area contributed by atoms with Crippen LogP contribution in [0.2, 0.25) is 0 Å². The summed E-state index contributed by atoms with van der Waals surface area (Å²) in [6.07, 6.45) is 3.42. The topological polar surface area (TPSA) is 65.2 Å². The smallest absolute Gasteiger partial charge is 0.220 e. The number of carbonyl (C=O) groups excluding carboxylic acids is 1. The van der Waals surface area contributed by atoms with E-state index < -0.39 is 0 Å². The number of aromatic nitrogens is 1. The number of hydrogen-bond donors (Lipinski definition) is 2. The summed E-state index contributed by atoms with van der Waals surface area (Å²) in [4.78, 5) is 28.8. The lowest BCUT2D eigenvalue weighted by Crippen LogP contribution is -2.26. The van der Waals surface area contributed by atoms with Crippen LogP contribution in [0.25, 0.3) is 0 Å². The molecule has 0 aromatic carbocycles. The maximum atomic E-state index is 11.9. The van der Waals surface area contributed by atoms with Gasteiger partial charge in [0.05, 0.1) is 0 Å². The Morgan fingerprint density at radius 2 is 2.25 bits per heavy atom. The summed E-state index contributed by atoms with van der Waals surface area (Å²) in [7, 11) is 1.68. The second-order valence-corrected chi connectivity index (χ2v) is 5.67. The molecule has 1 saturated heterocycles. The molecule has 1 amide bonds. The number of rotatable bonds is 4. The molecule has 110 valence electrons. The molecule has 1 atom stereocenters. The van der Waals surface area contributed by atoms with Gasteiger partial charge in [-0.15, -0.1) is 0 Å². The fourth-order valence-corrected chi connectivity index (χ4v) is 2.78. The minimum Gasteiger partial charge on any atom is -0.363 e. The summed E-state index contributed by atoms with van der Waals surface area (Å²) >= 11 is 0. The Kier molecular flexibility index (Phi) is 4.60. The summed E-state index contributed by atoms with van der Waals surface area (Å²) in [5.74, 6) is 0.532. The van der Waals surface area contributed by atoms with E-state index in [4.69, 9.17) is 0 Å². The predicted molar refractivity (Wildman–Crippen MR) is 78.6 cm³/mol. The minimum absolute atomic E-state index is 0.108. The van der Waals surface area contributed by atoms with E-state index in [1.54, 1.807) is 13.2 Å². The highest BCUT2D eigenvalue weighted by molar-refractivity contribution is 5.75. The Bertz CT molecular complexity index is 551. The van der Waals surface area contributed by atoms with E-state index in [0.717, 1.165) is 42.9 Å². The molecule has 5 heteroatoms. The normalized spacial score (nSPS) is 19.2. The van der Waals surface area contributed by atoms with Crippen LogP contribution in [0.1, 0.15) is 29.7 Å². The van der Waals surface area contributed by atoms with Crippen LogP contribution >= 0.6 is 0 Å². The van der Waals surface area contributed by atoms with Crippen LogP contribution in [0.4, 0.5) is 0 Å². The predicted octanol–water partition coefficient (Wildman–Crippen LogP) is 0.950. The number of aromatic amines is 1. The first kappa shape index (κ1) is 14.8. The van der Waals surface area contributed by atoms with Crippen molar-refractivity contribution in [2.75, 3.05) is 20.1 Å². The van der Waals surface area contributed by atoms with Crippen molar-refractivity contribution in [3.63, 3.8) is 0 Å². The molecule has 2 N–H and O–H groups in total. The van der Waals surface area contributed by atoms with Crippen LogP contribution in [0.15, 0.2) is 11.0 Å². The Balaban J connectivity index is 1.97. The van der Waals surface area contributed by atoms with Gasteiger partial charge in [0.15, 0.2) is 5.43 Å². The Morgan fingerprint density at radius 1 is 1.50 bits per heavy atom. The van der Waals surface area contributed by atoms with Crippen LogP contribution in [0.3, 0.4) is 0 Å². The van der Waals surface area contributed by atoms with E-state index >= 15 is 0 Å². The molecule has 0 spiro atoms. The first-order valence-corrected chi connectivity index (χ1v) is 7.12. The van der Waals surface area contributed by atoms with Gasteiger partial charge in [-0.25, -0.2) is 0 Å². The number of likely N-dealkylation sites (tertiary alicyclic amines) is 1. The summed E-state index contributed by atoms with van der Waals surface area (Å²) in [6.45, 7) is 6.36. The first-order chi connectivity index (χ1) is 9.51. The zero-order valence-corrected chi connectivity index (χ0v) is 12.5. The number of pyridine rings is 1. The van der Waals surface area contributed by atoms with Crippen LogP contribution in [-0.2, 0) is 11.3 Å². The maximum absolute atomic E-state index is 11.9. The molecule has 1 fully saturated rings. The highest BCUT2D eigenvalue weighted by atomic mass is 16.1. The molecule has 2 heterocycles. The zero-order chi connectivity index (χ0) is 14.7. The Labute approximate surface area is 119 Å². The standard InChI is InChI=1S/C15H23N3O2/c1-10-7-17-13(11(2)15(10)20)9-18-5-4-12(8-18)6-14(19)16-3/h7,12H,4-6,8-9H2,1-3H3,(H,16,19)(H,17,20)/t12-/m0/s1. The SMILES string of the molecule is CNC(=O)C[C@@H]1CCN(Cc2[nH]cc(C)c(=O)c2C)C1. The van der Waals surface area contributed by atoms with E-state index in [0.29, 0.717) is 12.3 Å². The quantitative estimate of drug-likeness (QED) is 0.861. The number of aryl methyl sites for hydroxylation is 1.